The Balaban J connectivity index is 1.84. The molecular weight excluding hydrogens is 364 g/mol. The van der Waals surface area contributed by atoms with E-state index < -0.39 is 17.4 Å². The molecule has 0 atom stereocenters. The summed E-state index contributed by atoms with van der Waals surface area (Å²) in [4.78, 5) is 15.8. The monoisotopic (exact) mass is 380 g/mol. The Morgan fingerprint density at radius 1 is 1.07 bits per heavy atom. The maximum Gasteiger partial charge on any atom is 0.358 e. The van der Waals surface area contributed by atoms with Crippen LogP contribution in [0.4, 0.5) is 14.7 Å². The molecule has 3 N–H and O–H groups in total. The molecule has 0 fully saturated rings. The van der Waals surface area contributed by atoms with Crippen LogP contribution < -0.4 is 15.0 Å². The normalized spacial score (nSPS) is 11.0. The van der Waals surface area contributed by atoms with E-state index in [0.29, 0.717) is 22.7 Å². The van der Waals surface area contributed by atoms with Gasteiger partial charge in [0, 0.05) is 5.56 Å². The number of ether oxygens (including phenoxy) is 1. The Labute approximate surface area is 159 Å². The fraction of sp³-hybridized carbons (Fsp3) is 0.0476. The largest absolute Gasteiger partial charge is 0.497 e. The third kappa shape index (κ3) is 2.87. The van der Waals surface area contributed by atoms with Crippen molar-refractivity contribution in [3.8, 4) is 11.4 Å². The van der Waals surface area contributed by atoms with Crippen LogP contribution in [0.15, 0.2) is 60.7 Å². The number of fused-ring (bicyclic) bond motifs is 1. The third-order valence-corrected chi connectivity index (χ3v) is 4.53. The molecule has 0 bridgehead atoms. The number of anilines is 1. The number of nitrogens with zero attached hydrogens (tertiary/aromatic N) is 1. The maximum atomic E-state index is 14.0. The summed E-state index contributed by atoms with van der Waals surface area (Å²) in [6.07, 6.45) is 0. The number of hydrogen-bond acceptors (Lipinski definition) is 3. The highest BCUT2D eigenvalue weighted by atomic mass is 19.2. The second-order valence-corrected chi connectivity index (χ2v) is 6.21. The first-order valence-electron chi connectivity index (χ1n) is 8.46. The van der Waals surface area contributed by atoms with Crippen LogP contribution in [0, 0.1) is 11.6 Å². The highest BCUT2D eigenvalue weighted by Gasteiger charge is 2.21. The Morgan fingerprint density at radius 2 is 1.82 bits per heavy atom. The van der Waals surface area contributed by atoms with Gasteiger partial charge in [0.25, 0.3) is 0 Å². The zero-order valence-corrected chi connectivity index (χ0v) is 14.9. The molecule has 0 radical (unpaired) electrons. The number of hydrogen-bond donors (Lipinski definition) is 2. The van der Waals surface area contributed by atoms with Crippen LogP contribution in [0.5, 0.6) is 5.75 Å². The Hall–Kier alpha value is -3.74. The van der Waals surface area contributed by atoms with Gasteiger partial charge in [0.05, 0.1) is 12.7 Å². The highest BCUT2D eigenvalue weighted by molar-refractivity contribution is 6.10. The lowest BCUT2D eigenvalue weighted by Gasteiger charge is -2.05. The van der Waals surface area contributed by atoms with Crippen molar-refractivity contribution < 1.29 is 22.9 Å². The summed E-state index contributed by atoms with van der Waals surface area (Å²) >= 11 is 0. The molecule has 28 heavy (non-hydrogen) atoms. The second-order valence-electron chi connectivity index (χ2n) is 6.21. The zero-order valence-electron chi connectivity index (χ0n) is 14.9. The Bertz CT molecular complexity index is 1200. The lowest BCUT2D eigenvalue weighted by Crippen LogP contribution is -2.32. The molecule has 3 aromatic carbocycles. The van der Waals surface area contributed by atoms with Gasteiger partial charge in [0.15, 0.2) is 17.4 Å². The van der Waals surface area contributed by atoms with Gasteiger partial charge in [-0.05, 0) is 54.6 Å². The smallest absolute Gasteiger partial charge is 0.358 e. The topological polar surface area (TPSA) is 72.0 Å². The van der Waals surface area contributed by atoms with Crippen molar-refractivity contribution in [1.29, 1.82) is 0 Å². The van der Waals surface area contributed by atoms with Gasteiger partial charge in [-0.3, -0.25) is 10.5 Å². The summed E-state index contributed by atoms with van der Waals surface area (Å²) in [6.45, 7) is 0. The molecule has 7 heteroatoms. The number of rotatable bonds is 4. The van der Waals surface area contributed by atoms with E-state index in [1.165, 1.54) is 12.1 Å². The number of nitrogens with one attached hydrogen (secondary N) is 1. The van der Waals surface area contributed by atoms with E-state index in [2.05, 4.69) is 4.98 Å². The van der Waals surface area contributed by atoms with Crippen LogP contribution in [0.1, 0.15) is 15.9 Å². The van der Waals surface area contributed by atoms with E-state index in [-0.39, 0.29) is 11.1 Å². The number of ketones is 1. The Kier molecular flexibility index (Phi) is 4.27. The van der Waals surface area contributed by atoms with Crippen molar-refractivity contribution >= 4 is 22.8 Å². The van der Waals surface area contributed by atoms with Crippen LogP contribution in [-0.4, -0.2) is 17.9 Å². The highest BCUT2D eigenvalue weighted by Crippen LogP contribution is 2.21. The molecule has 0 amide bonds. The van der Waals surface area contributed by atoms with Crippen molar-refractivity contribution in [2.45, 2.75) is 0 Å². The van der Waals surface area contributed by atoms with Crippen molar-refractivity contribution in [1.82, 2.24) is 4.98 Å². The molecule has 0 saturated carbocycles. The summed E-state index contributed by atoms with van der Waals surface area (Å²) in [5.41, 5.74) is 8.10. The van der Waals surface area contributed by atoms with Gasteiger partial charge < -0.3 is 4.74 Å². The molecule has 4 aromatic rings. The van der Waals surface area contributed by atoms with E-state index >= 15 is 0 Å². The molecule has 5 nitrogen and oxygen atoms in total. The van der Waals surface area contributed by atoms with Gasteiger partial charge in [0.1, 0.15) is 22.5 Å². The van der Waals surface area contributed by atoms with Gasteiger partial charge in [-0.1, -0.05) is 6.07 Å². The quantitative estimate of drug-likeness (QED) is 0.420. The summed E-state index contributed by atoms with van der Waals surface area (Å²) in [5.74, 6) is -1.78. The first-order chi connectivity index (χ1) is 13.5. The minimum atomic E-state index is -1.16. The summed E-state index contributed by atoms with van der Waals surface area (Å²) in [7, 11) is 1.58. The first-order valence-corrected chi connectivity index (χ1v) is 8.46. The molecule has 1 aromatic heterocycles. The molecule has 0 saturated heterocycles. The molecule has 0 aliphatic rings. The van der Waals surface area contributed by atoms with Gasteiger partial charge in [-0.15, -0.1) is 0 Å². The molecular formula is C21H16F2N3O2+. The van der Waals surface area contributed by atoms with Crippen LogP contribution in [0.3, 0.4) is 0 Å². The minimum absolute atomic E-state index is 0.221. The number of carbonyl (C=O) groups excluding carboxylic acids is 1. The number of aromatic nitrogens is 2. The number of halogens is 2. The fourth-order valence-corrected chi connectivity index (χ4v) is 3.13. The third-order valence-electron chi connectivity index (χ3n) is 4.53. The van der Waals surface area contributed by atoms with Gasteiger partial charge in [0.2, 0.25) is 0 Å². The number of benzene rings is 3. The van der Waals surface area contributed by atoms with E-state index in [0.717, 1.165) is 11.8 Å². The number of imidazole rings is 1. The number of nitrogens with two attached hydrogens (primary N) is 1. The molecule has 1 heterocycles. The predicted octanol–water partition coefficient (Wildman–Crippen LogP) is 3.54. The Morgan fingerprint density at radius 3 is 2.54 bits per heavy atom. The first kappa shape index (κ1) is 17.7. The summed E-state index contributed by atoms with van der Waals surface area (Å²) < 4.78 is 34.4. The van der Waals surface area contributed by atoms with Crippen LogP contribution in [0.25, 0.3) is 16.7 Å². The lowest BCUT2D eigenvalue weighted by atomic mass is 10.0. The molecule has 140 valence electrons. The van der Waals surface area contributed by atoms with E-state index in [4.69, 9.17) is 10.5 Å². The van der Waals surface area contributed by atoms with Crippen LogP contribution in [0.2, 0.25) is 0 Å². The van der Waals surface area contributed by atoms with Crippen molar-refractivity contribution in [2.75, 3.05) is 12.8 Å². The van der Waals surface area contributed by atoms with Gasteiger partial charge >= 0.3 is 5.95 Å². The number of aromatic amines is 1. The summed E-state index contributed by atoms with van der Waals surface area (Å²) in [5, 5.41) is 0. The number of H-pyrrole nitrogens is 1. The predicted molar refractivity (Wildman–Crippen MR) is 101 cm³/mol. The number of carbonyl (C=O) groups is 1. The summed E-state index contributed by atoms with van der Waals surface area (Å²) in [6, 6.07) is 15.6. The van der Waals surface area contributed by atoms with E-state index in [9.17, 15) is 13.6 Å². The van der Waals surface area contributed by atoms with Crippen LogP contribution >= 0.6 is 0 Å². The molecule has 4 rings (SSSR count). The van der Waals surface area contributed by atoms with Crippen LogP contribution in [-0.2, 0) is 0 Å². The molecule has 0 unspecified atom stereocenters. The minimum Gasteiger partial charge on any atom is -0.497 e. The van der Waals surface area contributed by atoms with Crippen molar-refractivity contribution in [2.24, 2.45) is 0 Å². The van der Waals surface area contributed by atoms with Gasteiger partial charge in [-0.2, -0.15) is 4.57 Å². The van der Waals surface area contributed by atoms with Crippen molar-refractivity contribution in [3.05, 3.63) is 83.4 Å². The SMILES string of the molecule is COc1ccc(-[n+]2c(N)[nH]c3ccc(C(=O)c4cccc(F)c4F)cc32)cc1. The fourth-order valence-electron chi connectivity index (χ4n) is 3.13. The molecule has 0 spiro atoms. The lowest BCUT2D eigenvalue weighted by molar-refractivity contribution is -0.550. The average molecular weight is 380 g/mol. The van der Waals surface area contributed by atoms with Crippen molar-refractivity contribution in [3.63, 3.8) is 0 Å². The average Bonchev–Trinajstić information content (AvgIpc) is 3.04. The molecule has 0 aliphatic carbocycles. The zero-order chi connectivity index (χ0) is 19.8. The number of methoxy groups -OCH3 is 1. The number of nitrogen functional groups attached to an aromatic ring is 1. The van der Waals surface area contributed by atoms with Gasteiger partial charge in [-0.25, -0.2) is 13.8 Å². The van der Waals surface area contributed by atoms with E-state index in [1.807, 2.05) is 12.1 Å². The maximum absolute atomic E-state index is 14.0. The standard InChI is InChI=1S/C21H15F2N3O2/c1-28-14-8-6-13(7-9-14)26-18-11-12(5-10-17(18)25-21(26)24)20(27)15-3-2-4-16(22)19(15)23/h2-11H,1H3,(H2,24,25,27)/p+1. The molecule has 0 aliphatic heterocycles. The van der Waals surface area contributed by atoms with E-state index in [1.54, 1.807) is 42.0 Å². The second kappa shape index (κ2) is 6.77.